The molecule has 35 heavy (non-hydrogen) atoms. The number of hydrogen-bond acceptors (Lipinski definition) is 8. The normalized spacial score (nSPS) is 15.2. The van der Waals surface area contributed by atoms with E-state index in [0.717, 1.165) is 17.0 Å². The molecule has 2 aromatic carbocycles. The number of amides is 1. The van der Waals surface area contributed by atoms with Gasteiger partial charge in [0.1, 0.15) is 10.6 Å². The second-order valence-electron chi connectivity index (χ2n) is 8.94. The molecule has 2 aromatic heterocycles. The fourth-order valence-corrected chi connectivity index (χ4v) is 5.47. The van der Waals surface area contributed by atoms with Gasteiger partial charge in [0.15, 0.2) is 16.9 Å². The molecule has 0 fully saturated rings. The van der Waals surface area contributed by atoms with E-state index in [-0.39, 0.29) is 16.8 Å². The molecular formula is C26H25N3O5S. The average Bonchev–Trinajstić information content (AvgIpc) is 3.40. The number of ether oxygens (including phenoxy) is 2. The summed E-state index contributed by atoms with van der Waals surface area (Å²) in [5.74, 6) is 1.02. The number of carbonyl (C=O) groups is 1. The van der Waals surface area contributed by atoms with E-state index in [0.29, 0.717) is 39.1 Å². The van der Waals surface area contributed by atoms with Crippen LogP contribution in [0.4, 0.5) is 5.13 Å². The number of carbonyl (C=O) groups excluding carboxylic acids is 1. The van der Waals surface area contributed by atoms with Crippen LogP contribution in [-0.2, 0) is 6.42 Å². The minimum absolute atomic E-state index is 0.0201. The van der Waals surface area contributed by atoms with Crippen molar-refractivity contribution in [3.8, 4) is 11.5 Å². The zero-order valence-electron chi connectivity index (χ0n) is 20.1. The molecule has 8 nitrogen and oxygen atoms in total. The molecule has 1 amide bonds. The van der Waals surface area contributed by atoms with Crippen LogP contribution >= 0.6 is 11.3 Å². The summed E-state index contributed by atoms with van der Waals surface area (Å²) in [7, 11) is 3.10. The summed E-state index contributed by atoms with van der Waals surface area (Å²) < 4.78 is 16.9. The van der Waals surface area contributed by atoms with Crippen LogP contribution in [-0.4, -0.2) is 30.3 Å². The van der Waals surface area contributed by atoms with E-state index >= 15 is 0 Å². The minimum Gasteiger partial charge on any atom is -0.493 e. The molecule has 5 rings (SSSR count). The Balaban J connectivity index is 1.75. The van der Waals surface area contributed by atoms with Crippen LogP contribution in [0, 0.1) is 12.8 Å². The van der Waals surface area contributed by atoms with E-state index in [2.05, 4.69) is 24.0 Å². The summed E-state index contributed by atoms with van der Waals surface area (Å²) in [5.41, 5.74) is 2.01. The van der Waals surface area contributed by atoms with E-state index in [9.17, 15) is 9.59 Å². The predicted molar refractivity (Wildman–Crippen MR) is 134 cm³/mol. The number of anilines is 1. The van der Waals surface area contributed by atoms with E-state index in [1.54, 1.807) is 38.5 Å². The number of fused-ring (bicyclic) bond motifs is 2. The van der Waals surface area contributed by atoms with Crippen molar-refractivity contribution in [3.05, 3.63) is 74.1 Å². The summed E-state index contributed by atoms with van der Waals surface area (Å²) in [6, 6.07) is 9.95. The zero-order valence-corrected chi connectivity index (χ0v) is 20.9. The second kappa shape index (κ2) is 8.81. The van der Waals surface area contributed by atoms with Gasteiger partial charge in [-0.05, 0) is 42.7 Å². The van der Waals surface area contributed by atoms with E-state index in [1.807, 2.05) is 19.1 Å². The van der Waals surface area contributed by atoms with Crippen LogP contribution in [0.2, 0.25) is 0 Å². The molecule has 0 saturated heterocycles. The van der Waals surface area contributed by atoms with Crippen LogP contribution in [0.3, 0.4) is 0 Å². The van der Waals surface area contributed by atoms with Gasteiger partial charge in [-0.25, -0.2) is 0 Å². The Bertz CT molecular complexity index is 1510. The third-order valence-electron chi connectivity index (χ3n) is 5.99. The highest BCUT2D eigenvalue weighted by molar-refractivity contribution is 7.15. The first-order chi connectivity index (χ1) is 16.8. The molecule has 180 valence electrons. The topological polar surface area (TPSA) is 94.8 Å². The monoisotopic (exact) mass is 491 g/mol. The molecule has 0 N–H and O–H groups in total. The first-order valence-corrected chi connectivity index (χ1v) is 12.1. The lowest BCUT2D eigenvalue weighted by atomic mass is 9.98. The zero-order chi connectivity index (χ0) is 24.9. The average molecular weight is 492 g/mol. The Morgan fingerprint density at radius 1 is 1.06 bits per heavy atom. The Morgan fingerprint density at radius 2 is 1.83 bits per heavy atom. The van der Waals surface area contributed by atoms with Gasteiger partial charge in [0.25, 0.3) is 5.91 Å². The van der Waals surface area contributed by atoms with Crippen molar-refractivity contribution in [1.82, 2.24) is 10.2 Å². The van der Waals surface area contributed by atoms with Gasteiger partial charge in [0.2, 0.25) is 10.9 Å². The third-order valence-corrected chi connectivity index (χ3v) is 6.94. The van der Waals surface area contributed by atoms with E-state index in [1.165, 1.54) is 16.2 Å². The van der Waals surface area contributed by atoms with Crippen LogP contribution in [0.5, 0.6) is 11.5 Å². The Hall–Kier alpha value is -3.72. The second-order valence-corrected chi connectivity index (χ2v) is 9.98. The molecule has 1 atom stereocenters. The first kappa shape index (κ1) is 23.0. The lowest BCUT2D eigenvalue weighted by Crippen LogP contribution is -2.29. The van der Waals surface area contributed by atoms with Gasteiger partial charge >= 0.3 is 0 Å². The summed E-state index contributed by atoms with van der Waals surface area (Å²) in [4.78, 5) is 29.0. The maximum Gasteiger partial charge on any atom is 0.297 e. The lowest BCUT2D eigenvalue weighted by Gasteiger charge is -2.23. The Labute approximate surface area is 206 Å². The highest BCUT2D eigenvalue weighted by Gasteiger charge is 2.45. The van der Waals surface area contributed by atoms with Crippen LogP contribution < -0.4 is 19.8 Å². The molecule has 1 aliphatic rings. The van der Waals surface area contributed by atoms with E-state index < -0.39 is 11.9 Å². The third kappa shape index (κ3) is 3.85. The van der Waals surface area contributed by atoms with Gasteiger partial charge in [0.05, 0.1) is 31.2 Å². The number of hydrogen-bond donors (Lipinski definition) is 0. The SMILES string of the molecule is COc1ccc(C2c3c(oc4ccc(C)cc4c3=O)C(=O)N2c2nnc(CC(C)C)s2)cc1OC. The quantitative estimate of drug-likeness (QED) is 0.378. The van der Waals surface area contributed by atoms with Gasteiger partial charge in [0, 0.05) is 6.42 Å². The van der Waals surface area contributed by atoms with Gasteiger partial charge in [-0.1, -0.05) is 42.9 Å². The summed E-state index contributed by atoms with van der Waals surface area (Å²) >= 11 is 1.34. The molecule has 0 bridgehead atoms. The fraction of sp³-hybridized carbons (Fsp3) is 0.308. The van der Waals surface area contributed by atoms with Crippen molar-refractivity contribution < 1.29 is 18.7 Å². The van der Waals surface area contributed by atoms with Crippen molar-refractivity contribution in [2.24, 2.45) is 5.92 Å². The molecule has 1 unspecified atom stereocenters. The minimum atomic E-state index is -0.752. The van der Waals surface area contributed by atoms with Crippen molar-refractivity contribution >= 4 is 33.3 Å². The molecule has 4 aromatic rings. The maximum atomic E-state index is 13.8. The number of benzene rings is 2. The summed E-state index contributed by atoms with van der Waals surface area (Å²) in [6.45, 7) is 6.11. The van der Waals surface area contributed by atoms with Crippen molar-refractivity contribution in [2.45, 2.75) is 33.2 Å². The standard InChI is InChI=1S/C26H25N3O5S/c1-13(2)10-20-27-28-26(35-20)29-22(15-7-9-18(32-4)19(12-15)33-5)21-23(30)16-11-14(3)6-8-17(16)34-24(21)25(29)31/h6-9,11-13,22H,10H2,1-5H3. The summed E-state index contributed by atoms with van der Waals surface area (Å²) in [5, 5.41) is 10.3. The number of aryl methyl sites for hydroxylation is 1. The Morgan fingerprint density at radius 3 is 2.54 bits per heavy atom. The predicted octanol–water partition coefficient (Wildman–Crippen LogP) is 4.92. The van der Waals surface area contributed by atoms with E-state index in [4.69, 9.17) is 13.9 Å². The van der Waals surface area contributed by atoms with Gasteiger partial charge in [-0.2, -0.15) is 0 Å². The number of aromatic nitrogens is 2. The van der Waals surface area contributed by atoms with Crippen LogP contribution in [0.1, 0.15) is 52.1 Å². The highest BCUT2D eigenvalue weighted by Crippen LogP contribution is 2.44. The molecular weight excluding hydrogens is 466 g/mol. The molecule has 0 spiro atoms. The highest BCUT2D eigenvalue weighted by atomic mass is 32.1. The molecule has 3 heterocycles. The number of nitrogens with zero attached hydrogens (tertiary/aromatic N) is 3. The Kier molecular flexibility index (Phi) is 5.80. The van der Waals surface area contributed by atoms with Crippen LogP contribution in [0.15, 0.2) is 45.6 Å². The first-order valence-electron chi connectivity index (χ1n) is 11.3. The molecule has 9 heteroatoms. The smallest absolute Gasteiger partial charge is 0.297 e. The fourth-order valence-electron chi connectivity index (χ4n) is 4.40. The number of rotatable bonds is 6. The summed E-state index contributed by atoms with van der Waals surface area (Å²) in [6.07, 6.45) is 0.744. The van der Waals surface area contributed by atoms with Crippen molar-refractivity contribution in [3.63, 3.8) is 0 Å². The molecule has 0 saturated carbocycles. The molecule has 0 aliphatic carbocycles. The lowest BCUT2D eigenvalue weighted by molar-refractivity contribution is 0.0970. The largest absolute Gasteiger partial charge is 0.493 e. The maximum absolute atomic E-state index is 13.8. The van der Waals surface area contributed by atoms with Crippen LogP contribution in [0.25, 0.3) is 11.0 Å². The number of methoxy groups -OCH3 is 2. The molecule has 1 aliphatic heterocycles. The molecule has 0 radical (unpaired) electrons. The van der Waals surface area contributed by atoms with Gasteiger partial charge in [-0.3, -0.25) is 14.5 Å². The van der Waals surface area contributed by atoms with Crippen molar-refractivity contribution in [2.75, 3.05) is 19.1 Å². The van der Waals surface area contributed by atoms with Gasteiger partial charge < -0.3 is 13.9 Å². The van der Waals surface area contributed by atoms with Crippen molar-refractivity contribution in [1.29, 1.82) is 0 Å². The van der Waals surface area contributed by atoms with Gasteiger partial charge in [-0.15, -0.1) is 10.2 Å².